The number of rotatable bonds is 11. The Hall–Kier alpha value is -3.82. The Balaban J connectivity index is 1.96. The molecule has 196 valence electrons. The highest BCUT2D eigenvalue weighted by Gasteiger charge is 2.25. The quantitative estimate of drug-likeness (QED) is 0.310. The van der Waals surface area contributed by atoms with Gasteiger partial charge in [0, 0.05) is 18.5 Å². The monoisotopic (exact) mass is 509 g/mol. The average molecular weight is 510 g/mol. The second kappa shape index (κ2) is 12.4. The molecular weight excluding hydrogens is 477 g/mol. The zero-order valence-corrected chi connectivity index (χ0v) is 21.1. The van der Waals surface area contributed by atoms with Crippen LogP contribution < -0.4 is 5.32 Å². The van der Waals surface area contributed by atoms with Crippen LogP contribution in [0.2, 0.25) is 0 Å². The fourth-order valence-electron chi connectivity index (χ4n) is 3.94. The van der Waals surface area contributed by atoms with E-state index < -0.39 is 30.4 Å². The number of aryl methyl sites for hydroxylation is 1. The molecule has 2 atom stereocenters. The molecule has 4 N–H and O–H groups in total. The van der Waals surface area contributed by atoms with E-state index in [0.29, 0.717) is 23.5 Å². The summed E-state index contributed by atoms with van der Waals surface area (Å²) >= 11 is 0. The molecule has 0 saturated carbocycles. The van der Waals surface area contributed by atoms with E-state index in [-0.39, 0.29) is 23.9 Å². The Bertz CT molecular complexity index is 1250. The molecule has 37 heavy (non-hydrogen) atoms. The van der Waals surface area contributed by atoms with Gasteiger partial charge in [0.2, 0.25) is 0 Å². The number of benzene rings is 2. The maximum absolute atomic E-state index is 13.6. The minimum atomic E-state index is -1.22. The zero-order valence-electron chi connectivity index (χ0n) is 21.1. The molecule has 0 fully saturated rings. The third-order valence-electron chi connectivity index (χ3n) is 5.80. The van der Waals surface area contributed by atoms with Crippen molar-refractivity contribution >= 4 is 18.0 Å². The van der Waals surface area contributed by atoms with E-state index in [4.69, 9.17) is 5.11 Å². The molecule has 3 aromatic rings. The van der Waals surface area contributed by atoms with Gasteiger partial charge in [0.15, 0.2) is 5.69 Å². The van der Waals surface area contributed by atoms with Crippen LogP contribution in [0.25, 0.3) is 11.8 Å². The standard InChI is InChI=1S/C28H32FN3O5/c1-17(2)26-24(13-12-22(33)14-23(34)15-25(35)36)32(21-10-8-20(29)9-11-21)31-27(26)28(37)30-16-19-6-4-18(3)5-7-19/h4-13,17,22-23,33-34H,14-16H2,1-3H3,(H,30,37)(H,35,36)/t22-,23+/m0/s1. The minimum Gasteiger partial charge on any atom is -0.481 e. The maximum atomic E-state index is 13.6. The summed E-state index contributed by atoms with van der Waals surface area (Å²) in [6.45, 7) is 6.12. The second-order valence-electron chi connectivity index (χ2n) is 9.27. The van der Waals surface area contributed by atoms with E-state index in [1.807, 2.05) is 45.0 Å². The number of aliphatic carboxylic acids is 1. The van der Waals surface area contributed by atoms with Gasteiger partial charge in [-0.15, -0.1) is 0 Å². The van der Waals surface area contributed by atoms with E-state index in [1.165, 1.54) is 35.0 Å². The summed E-state index contributed by atoms with van der Waals surface area (Å²) in [6.07, 6.45) is -0.00523. The molecular formula is C28H32FN3O5. The van der Waals surface area contributed by atoms with Crippen LogP contribution in [0.4, 0.5) is 4.39 Å². The first-order chi connectivity index (χ1) is 17.5. The third kappa shape index (κ3) is 7.58. The van der Waals surface area contributed by atoms with Gasteiger partial charge in [-0.2, -0.15) is 5.10 Å². The molecule has 0 radical (unpaired) electrons. The highest BCUT2D eigenvalue weighted by atomic mass is 19.1. The molecule has 1 amide bonds. The SMILES string of the molecule is Cc1ccc(CNC(=O)c2nn(-c3ccc(F)cc3)c(C=C[C@H](O)C[C@@H](O)CC(=O)O)c2C(C)C)cc1. The van der Waals surface area contributed by atoms with Gasteiger partial charge in [0.05, 0.1) is 30.0 Å². The normalized spacial score (nSPS) is 13.2. The van der Waals surface area contributed by atoms with Crippen LogP contribution in [0.5, 0.6) is 0 Å². The van der Waals surface area contributed by atoms with Crippen LogP contribution in [0.3, 0.4) is 0 Å². The van der Waals surface area contributed by atoms with Gasteiger partial charge in [-0.25, -0.2) is 9.07 Å². The Labute approximate surface area is 215 Å². The van der Waals surface area contributed by atoms with Gasteiger partial charge in [-0.3, -0.25) is 9.59 Å². The summed E-state index contributed by atoms with van der Waals surface area (Å²) in [5.41, 5.74) is 3.90. The molecule has 0 aliphatic carbocycles. The molecule has 1 heterocycles. The van der Waals surface area contributed by atoms with Crippen molar-refractivity contribution < 1.29 is 29.3 Å². The van der Waals surface area contributed by atoms with E-state index in [2.05, 4.69) is 10.4 Å². The van der Waals surface area contributed by atoms with Crippen LogP contribution in [0.15, 0.2) is 54.6 Å². The highest BCUT2D eigenvalue weighted by Crippen LogP contribution is 2.28. The molecule has 9 heteroatoms. The number of carboxylic acid groups (broad SMARTS) is 1. The summed E-state index contributed by atoms with van der Waals surface area (Å²) in [5, 5.41) is 36.5. The zero-order chi connectivity index (χ0) is 27.1. The molecule has 0 aliphatic rings. The number of hydrogen-bond acceptors (Lipinski definition) is 5. The van der Waals surface area contributed by atoms with Crippen LogP contribution in [-0.4, -0.2) is 49.2 Å². The first kappa shape index (κ1) is 27.8. The number of aliphatic hydroxyl groups is 2. The molecule has 0 saturated heterocycles. The Morgan fingerprint density at radius 1 is 1.08 bits per heavy atom. The fraction of sp³-hybridized carbons (Fsp3) is 0.321. The summed E-state index contributed by atoms with van der Waals surface area (Å²) in [5.74, 6) is -2.10. The van der Waals surface area contributed by atoms with Crippen molar-refractivity contribution in [1.29, 1.82) is 0 Å². The van der Waals surface area contributed by atoms with Crippen molar-refractivity contribution in [2.24, 2.45) is 0 Å². The maximum Gasteiger partial charge on any atom is 0.305 e. The highest BCUT2D eigenvalue weighted by molar-refractivity contribution is 5.95. The van der Waals surface area contributed by atoms with E-state index >= 15 is 0 Å². The van der Waals surface area contributed by atoms with Crippen LogP contribution in [0, 0.1) is 12.7 Å². The van der Waals surface area contributed by atoms with E-state index in [9.17, 15) is 24.2 Å². The number of nitrogens with one attached hydrogen (secondary N) is 1. The minimum absolute atomic E-state index is 0.135. The molecule has 8 nitrogen and oxygen atoms in total. The Morgan fingerprint density at radius 2 is 1.73 bits per heavy atom. The van der Waals surface area contributed by atoms with Crippen molar-refractivity contribution in [2.45, 2.75) is 58.3 Å². The Kier molecular flexibility index (Phi) is 9.32. The lowest BCUT2D eigenvalue weighted by atomic mass is 9.98. The average Bonchev–Trinajstić information content (AvgIpc) is 3.22. The van der Waals surface area contributed by atoms with Gasteiger partial charge in [-0.05, 0) is 48.7 Å². The largest absolute Gasteiger partial charge is 0.481 e. The summed E-state index contributed by atoms with van der Waals surface area (Å²) in [4.78, 5) is 24.0. The van der Waals surface area contributed by atoms with Crippen molar-refractivity contribution in [3.05, 3.63) is 88.5 Å². The topological polar surface area (TPSA) is 125 Å². The summed E-state index contributed by atoms with van der Waals surface area (Å²) < 4.78 is 15.1. The first-order valence-electron chi connectivity index (χ1n) is 12.0. The molecule has 3 rings (SSSR count). The Morgan fingerprint density at radius 3 is 2.32 bits per heavy atom. The van der Waals surface area contributed by atoms with Crippen LogP contribution in [-0.2, 0) is 11.3 Å². The number of halogens is 1. The number of carbonyl (C=O) groups excluding carboxylic acids is 1. The van der Waals surface area contributed by atoms with Gasteiger partial charge in [-0.1, -0.05) is 49.8 Å². The lowest BCUT2D eigenvalue weighted by molar-refractivity contribution is -0.139. The second-order valence-corrected chi connectivity index (χ2v) is 9.27. The predicted octanol–water partition coefficient (Wildman–Crippen LogP) is 3.97. The number of nitrogens with zero attached hydrogens (tertiary/aromatic N) is 2. The number of carbonyl (C=O) groups is 2. The number of carboxylic acids is 1. The van der Waals surface area contributed by atoms with Crippen LogP contribution in [0.1, 0.15) is 65.5 Å². The van der Waals surface area contributed by atoms with Crippen molar-refractivity contribution in [3.8, 4) is 5.69 Å². The lowest BCUT2D eigenvalue weighted by Crippen LogP contribution is -2.24. The smallest absolute Gasteiger partial charge is 0.305 e. The molecule has 2 aromatic carbocycles. The van der Waals surface area contributed by atoms with Gasteiger partial charge in [0.25, 0.3) is 5.91 Å². The first-order valence-corrected chi connectivity index (χ1v) is 12.0. The van der Waals surface area contributed by atoms with Crippen molar-refractivity contribution in [3.63, 3.8) is 0 Å². The van der Waals surface area contributed by atoms with Gasteiger partial charge >= 0.3 is 5.97 Å². The number of hydrogen-bond donors (Lipinski definition) is 4. The molecule has 1 aromatic heterocycles. The number of amides is 1. The summed E-state index contributed by atoms with van der Waals surface area (Å²) in [7, 11) is 0. The fourth-order valence-corrected chi connectivity index (χ4v) is 3.94. The molecule has 0 unspecified atom stereocenters. The molecule has 0 spiro atoms. The molecule has 0 aliphatic heterocycles. The van der Waals surface area contributed by atoms with Gasteiger partial charge < -0.3 is 20.6 Å². The van der Waals surface area contributed by atoms with E-state index in [0.717, 1.165) is 11.1 Å². The number of aromatic nitrogens is 2. The van der Waals surface area contributed by atoms with Crippen molar-refractivity contribution in [2.75, 3.05) is 0 Å². The van der Waals surface area contributed by atoms with Crippen molar-refractivity contribution in [1.82, 2.24) is 15.1 Å². The van der Waals surface area contributed by atoms with Gasteiger partial charge in [0.1, 0.15) is 5.82 Å². The summed E-state index contributed by atoms with van der Waals surface area (Å²) in [6, 6.07) is 13.4. The van der Waals surface area contributed by atoms with E-state index in [1.54, 1.807) is 6.08 Å². The molecule has 0 bridgehead atoms. The third-order valence-corrected chi connectivity index (χ3v) is 5.80. The number of aliphatic hydroxyl groups excluding tert-OH is 2. The predicted molar refractivity (Wildman–Crippen MR) is 138 cm³/mol. The lowest BCUT2D eigenvalue weighted by Gasteiger charge is -2.12. The van der Waals surface area contributed by atoms with Crippen LogP contribution >= 0.6 is 0 Å².